The van der Waals surface area contributed by atoms with Gasteiger partial charge in [-0.05, 0) is 41.8 Å². The van der Waals surface area contributed by atoms with Gasteiger partial charge in [0.25, 0.3) is 0 Å². The lowest BCUT2D eigenvalue weighted by molar-refractivity contribution is 0.628. The van der Waals surface area contributed by atoms with E-state index in [1.54, 1.807) is 30.7 Å². The van der Waals surface area contributed by atoms with Crippen molar-refractivity contribution in [2.45, 2.75) is 12.5 Å². The van der Waals surface area contributed by atoms with Crippen LogP contribution in [0.25, 0.3) is 22.4 Å². The van der Waals surface area contributed by atoms with Gasteiger partial charge in [-0.3, -0.25) is 4.98 Å². The first kappa shape index (κ1) is 20.9. The molecular weight excluding hydrogens is 413 g/mol. The van der Waals surface area contributed by atoms with Crippen molar-refractivity contribution in [3.05, 3.63) is 95.7 Å². The lowest BCUT2D eigenvalue weighted by atomic mass is 10.0. The summed E-state index contributed by atoms with van der Waals surface area (Å²) in [5.74, 6) is -0.00484. The summed E-state index contributed by atoms with van der Waals surface area (Å²) in [4.78, 5) is 13.2. The highest BCUT2D eigenvalue weighted by Gasteiger charge is 2.14. The van der Waals surface area contributed by atoms with E-state index in [0.29, 0.717) is 18.2 Å². The van der Waals surface area contributed by atoms with E-state index in [0.717, 1.165) is 23.1 Å². The zero-order valence-electron chi connectivity index (χ0n) is 16.7. The van der Waals surface area contributed by atoms with Crippen LogP contribution >= 0.6 is 11.6 Å². The molecule has 4 aromatic rings. The summed E-state index contributed by atoms with van der Waals surface area (Å²) in [5.41, 5.74) is 10.5. The van der Waals surface area contributed by atoms with Crippen molar-refractivity contribution in [3.63, 3.8) is 0 Å². The Morgan fingerprint density at radius 1 is 1.00 bits per heavy atom. The molecule has 0 fully saturated rings. The second kappa shape index (κ2) is 9.64. The number of hydrogen-bond acceptors (Lipinski definition) is 5. The zero-order chi connectivity index (χ0) is 21.6. The largest absolute Gasteiger partial charge is 0.353 e. The SMILES string of the molecule is NC(CNc1ncc(-c2ccc(F)c(Cl)c2)c(-c2ccncc2)n1)Cc1ccccc1. The summed E-state index contributed by atoms with van der Waals surface area (Å²) in [6, 6.07) is 18.3. The summed E-state index contributed by atoms with van der Waals surface area (Å²) in [6.07, 6.45) is 5.85. The Balaban J connectivity index is 1.59. The van der Waals surface area contributed by atoms with Gasteiger partial charge >= 0.3 is 0 Å². The van der Waals surface area contributed by atoms with Crippen molar-refractivity contribution >= 4 is 17.5 Å². The molecule has 2 aromatic heterocycles. The average molecular weight is 434 g/mol. The molecule has 0 saturated heterocycles. The maximum atomic E-state index is 13.6. The van der Waals surface area contributed by atoms with Crippen LogP contribution < -0.4 is 11.1 Å². The number of pyridine rings is 1. The quantitative estimate of drug-likeness (QED) is 0.430. The highest BCUT2D eigenvalue weighted by molar-refractivity contribution is 6.31. The van der Waals surface area contributed by atoms with Crippen LogP contribution in [0.15, 0.2) is 79.3 Å². The summed E-state index contributed by atoms with van der Waals surface area (Å²) >= 11 is 5.99. The predicted molar refractivity (Wildman–Crippen MR) is 122 cm³/mol. The standard InChI is InChI=1S/C24H21ClFN5/c25-21-13-18(6-7-22(21)26)20-15-30-24(31-23(20)17-8-10-28-11-9-17)29-14-19(27)12-16-4-2-1-3-5-16/h1-11,13,15,19H,12,14,27H2,(H,29,30,31). The van der Waals surface area contributed by atoms with Crippen LogP contribution in [0.2, 0.25) is 5.02 Å². The normalized spacial score (nSPS) is 11.8. The van der Waals surface area contributed by atoms with Crippen molar-refractivity contribution in [2.75, 3.05) is 11.9 Å². The molecule has 0 saturated carbocycles. The fourth-order valence-corrected chi connectivity index (χ4v) is 3.46. The molecule has 0 aliphatic rings. The highest BCUT2D eigenvalue weighted by atomic mass is 35.5. The van der Waals surface area contributed by atoms with Crippen molar-refractivity contribution in [3.8, 4) is 22.4 Å². The Morgan fingerprint density at radius 2 is 1.77 bits per heavy atom. The molecule has 0 radical (unpaired) electrons. The predicted octanol–water partition coefficient (Wildman–Crippen LogP) is 4.98. The van der Waals surface area contributed by atoms with Gasteiger partial charge in [0.15, 0.2) is 0 Å². The van der Waals surface area contributed by atoms with E-state index in [-0.39, 0.29) is 11.1 Å². The maximum absolute atomic E-state index is 13.6. The highest BCUT2D eigenvalue weighted by Crippen LogP contribution is 2.32. The van der Waals surface area contributed by atoms with E-state index in [1.807, 2.05) is 30.3 Å². The Bertz CT molecular complexity index is 1160. The van der Waals surface area contributed by atoms with Gasteiger partial charge in [0.1, 0.15) is 5.82 Å². The molecular formula is C24H21ClFN5. The topological polar surface area (TPSA) is 76.7 Å². The van der Waals surface area contributed by atoms with Gasteiger partial charge in [0.05, 0.1) is 10.7 Å². The van der Waals surface area contributed by atoms with Crippen molar-refractivity contribution < 1.29 is 4.39 Å². The molecule has 1 unspecified atom stereocenters. The summed E-state index contributed by atoms with van der Waals surface area (Å²) in [5, 5.41) is 3.27. The Labute approximate surface area is 185 Å². The van der Waals surface area contributed by atoms with Crippen LogP contribution in [-0.2, 0) is 6.42 Å². The Hall–Kier alpha value is -3.35. The van der Waals surface area contributed by atoms with E-state index in [1.165, 1.54) is 11.6 Å². The molecule has 31 heavy (non-hydrogen) atoms. The molecule has 0 aliphatic carbocycles. The molecule has 2 heterocycles. The summed E-state index contributed by atoms with van der Waals surface area (Å²) in [6.45, 7) is 0.520. The minimum Gasteiger partial charge on any atom is -0.353 e. The van der Waals surface area contributed by atoms with E-state index in [4.69, 9.17) is 22.3 Å². The van der Waals surface area contributed by atoms with Crippen LogP contribution in [0.5, 0.6) is 0 Å². The van der Waals surface area contributed by atoms with Gasteiger partial charge in [0, 0.05) is 42.3 Å². The van der Waals surface area contributed by atoms with E-state index >= 15 is 0 Å². The Kier molecular flexibility index (Phi) is 6.50. The van der Waals surface area contributed by atoms with Crippen LogP contribution in [0.1, 0.15) is 5.56 Å². The monoisotopic (exact) mass is 433 g/mol. The first-order valence-corrected chi connectivity index (χ1v) is 10.2. The molecule has 4 rings (SSSR count). The third-order valence-corrected chi connectivity index (χ3v) is 5.13. The summed E-state index contributed by atoms with van der Waals surface area (Å²) < 4.78 is 13.6. The van der Waals surface area contributed by atoms with E-state index in [2.05, 4.69) is 27.4 Å². The van der Waals surface area contributed by atoms with Crippen LogP contribution in [-0.4, -0.2) is 27.5 Å². The fourth-order valence-electron chi connectivity index (χ4n) is 3.28. The molecule has 0 amide bonds. The average Bonchev–Trinajstić information content (AvgIpc) is 2.81. The number of halogens is 2. The molecule has 156 valence electrons. The van der Waals surface area contributed by atoms with Gasteiger partial charge in [-0.2, -0.15) is 0 Å². The molecule has 2 aromatic carbocycles. The number of rotatable bonds is 7. The van der Waals surface area contributed by atoms with Crippen molar-refractivity contribution in [1.82, 2.24) is 15.0 Å². The number of benzene rings is 2. The first-order valence-electron chi connectivity index (χ1n) is 9.86. The second-order valence-corrected chi connectivity index (χ2v) is 7.56. The number of nitrogens with one attached hydrogen (secondary N) is 1. The Morgan fingerprint density at radius 3 is 2.52 bits per heavy atom. The third kappa shape index (κ3) is 5.23. The minimum absolute atomic E-state index is 0.0484. The van der Waals surface area contributed by atoms with Crippen LogP contribution in [0.4, 0.5) is 10.3 Å². The van der Waals surface area contributed by atoms with Crippen LogP contribution in [0, 0.1) is 5.82 Å². The van der Waals surface area contributed by atoms with Crippen molar-refractivity contribution in [1.29, 1.82) is 0 Å². The smallest absolute Gasteiger partial charge is 0.223 e. The molecule has 5 nitrogen and oxygen atoms in total. The lowest BCUT2D eigenvalue weighted by Crippen LogP contribution is -2.31. The number of nitrogens with zero attached hydrogens (tertiary/aromatic N) is 3. The molecule has 0 spiro atoms. The molecule has 0 aliphatic heterocycles. The number of aromatic nitrogens is 3. The van der Waals surface area contributed by atoms with Gasteiger partial charge in [-0.1, -0.05) is 48.0 Å². The van der Waals surface area contributed by atoms with Gasteiger partial charge in [-0.15, -0.1) is 0 Å². The van der Waals surface area contributed by atoms with Gasteiger partial charge in [0.2, 0.25) is 5.95 Å². The van der Waals surface area contributed by atoms with Gasteiger partial charge in [-0.25, -0.2) is 14.4 Å². The fraction of sp³-hybridized carbons (Fsp3) is 0.125. The summed E-state index contributed by atoms with van der Waals surface area (Å²) in [7, 11) is 0. The molecule has 1 atom stereocenters. The second-order valence-electron chi connectivity index (χ2n) is 7.15. The number of nitrogens with two attached hydrogens (primary N) is 1. The molecule has 3 N–H and O–H groups in total. The third-order valence-electron chi connectivity index (χ3n) is 4.84. The first-order chi connectivity index (χ1) is 15.1. The minimum atomic E-state index is -0.470. The van der Waals surface area contributed by atoms with Crippen LogP contribution in [0.3, 0.4) is 0 Å². The maximum Gasteiger partial charge on any atom is 0.223 e. The van der Waals surface area contributed by atoms with Crippen molar-refractivity contribution in [2.24, 2.45) is 5.73 Å². The lowest BCUT2D eigenvalue weighted by Gasteiger charge is -2.15. The zero-order valence-corrected chi connectivity index (χ0v) is 17.4. The van der Waals surface area contributed by atoms with E-state index < -0.39 is 5.82 Å². The van der Waals surface area contributed by atoms with Gasteiger partial charge < -0.3 is 11.1 Å². The number of hydrogen-bond donors (Lipinski definition) is 2. The molecule has 0 bridgehead atoms. The molecule has 7 heteroatoms. The number of anilines is 1. The van der Waals surface area contributed by atoms with E-state index in [9.17, 15) is 4.39 Å².